The van der Waals surface area contributed by atoms with Crippen molar-refractivity contribution in [2.75, 3.05) is 0 Å². The second kappa shape index (κ2) is 3.83. The summed E-state index contributed by atoms with van der Waals surface area (Å²) in [5.41, 5.74) is 0. The molecule has 0 aliphatic rings. The van der Waals surface area contributed by atoms with Gasteiger partial charge in [-0.15, -0.1) is 0 Å². The Morgan fingerprint density at radius 1 is 1.46 bits per heavy atom. The first kappa shape index (κ1) is 10.1. The van der Waals surface area contributed by atoms with E-state index >= 15 is 0 Å². The van der Waals surface area contributed by atoms with Gasteiger partial charge < -0.3 is 9.84 Å². The summed E-state index contributed by atoms with van der Waals surface area (Å²) in [7, 11) is 0. The molecule has 0 saturated carbocycles. The van der Waals surface area contributed by atoms with Crippen LogP contribution in [0, 0.1) is 5.82 Å². The molecule has 72 valence electrons. The molecule has 4 heteroatoms. The predicted octanol–water partition coefficient (Wildman–Crippen LogP) is 2.97. The molecule has 0 unspecified atom stereocenters. The minimum absolute atomic E-state index is 0.0190. The van der Waals surface area contributed by atoms with Crippen LogP contribution in [-0.2, 0) is 0 Å². The standard InChI is InChI=1S/C9H10ClFO2/c1-5(2)13-9-7(10)3-6(12)4-8(9)11/h3-5,12H,1-2H3. The van der Waals surface area contributed by atoms with Gasteiger partial charge in [-0.3, -0.25) is 0 Å². The van der Waals surface area contributed by atoms with E-state index in [2.05, 4.69) is 0 Å². The van der Waals surface area contributed by atoms with Gasteiger partial charge in [-0.25, -0.2) is 4.39 Å². The first-order valence-corrected chi connectivity index (χ1v) is 4.23. The van der Waals surface area contributed by atoms with Crippen LogP contribution in [0.15, 0.2) is 12.1 Å². The van der Waals surface area contributed by atoms with Crippen molar-refractivity contribution in [1.29, 1.82) is 0 Å². The highest BCUT2D eigenvalue weighted by Crippen LogP contribution is 2.32. The van der Waals surface area contributed by atoms with Gasteiger partial charge in [-0.1, -0.05) is 11.6 Å². The highest BCUT2D eigenvalue weighted by atomic mass is 35.5. The molecule has 13 heavy (non-hydrogen) atoms. The fraction of sp³-hybridized carbons (Fsp3) is 0.333. The molecule has 0 aliphatic carbocycles. The van der Waals surface area contributed by atoms with Crippen molar-refractivity contribution in [2.45, 2.75) is 20.0 Å². The number of benzene rings is 1. The number of rotatable bonds is 2. The molecule has 1 aromatic carbocycles. The van der Waals surface area contributed by atoms with E-state index in [4.69, 9.17) is 21.4 Å². The van der Waals surface area contributed by atoms with E-state index in [0.29, 0.717) is 0 Å². The average Bonchev–Trinajstić information content (AvgIpc) is 1.96. The summed E-state index contributed by atoms with van der Waals surface area (Å²) in [5, 5.41) is 9.05. The minimum atomic E-state index is -0.654. The predicted molar refractivity (Wildman–Crippen MR) is 48.8 cm³/mol. The van der Waals surface area contributed by atoms with E-state index in [-0.39, 0.29) is 22.6 Å². The zero-order valence-corrected chi connectivity index (χ0v) is 8.10. The van der Waals surface area contributed by atoms with Crippen LogP contribution in [0.25, 0.3) is 0 Å². The smallest absolute Gasteiger partial charge is 0.174 e. The molecule has 1 aromatic rings. The third kappa shape index (κ3) is 2.49. The van der Waals surface area contributed by atoms with Crippen LogP contribution >= 0.6 is 11.6 Å². The van der Waals surface area contributed by atoms with Crippen molar-refractivity contribution in [3.8, 4) is 11.5 Å². The van der Waals surface area contributed by atoms with Gasteiger partial charge in [0.1, 0.15) is 5.75 Å². The lowest BCUT2D eigenvalue weighted by Crippen LogP contribution is -2.07. The number of aromatic hydroxyl groups is 1. The number of hydrogen-bond donors (Lipinski definition) is 1. The van der Waals surface area contributed by atoms with E-state index in [1.165, 1.54) is 6.07 Å². The van der Waals surface area contributed by atoms with Crippen molar-refractivity contribution in [3.63, 3.8) is 0 Å². The first-order chi connectivity index (χ1) is 6.00. The molecule has 0 fully saturated rings. The molecular weight excluding hydrogens is 195 g/mol. The first-order valence-electron chi connectivity index (χ1n) is 3.85. The van der Waals surface area contributed by atoms with Crippen LogP contribution in [0.1, 0.15) is 13.8 Å². The number of halogens is 2. The summed E-state index contributed by atoms with van der Waals surface area (Å²) in [6.45, 7) is 3.53. The molecule has 0 aliphatic heterocycles. The largest absolute Gasteiger partial charge is 0.508 e. The maximum Gasteiger partial charge on any atom is 0.174 e. The number of ether oxygens (including phenoxy) is 1. The Bertz CT molecular complexity index is 289. The average molecular weight is 205 g/mol. The Hall–Kier alpha value is -0.960. The Labute approximate surface area is 80.9 Å². The van der Waals surface area contributed by atoms with Crippen LogP contribution in [0.4, 0.5) is 4.39 Å². The van der Waals surface area contributed by atoms with Gasteiger partial charge in [0.05, 0.1) is 11.1 Å². The van der Waals surface area contributed by atoms with E-state index in [9.17, 15) is 4.39 Å². The highest BCUT2D eigenvalue weighted by Gasteiger charge is 2.11. The molecule has 0 bridgehead atoms. The minimum Gasteiger partial charge on any atom is -0.508 e. The monoisotopic (exact) mass is 204 g/mol. The van der Waals surface area contributed by atoms with Crippen LogP contribution in [-0.4, -0.2) is 11.2 Å². The summed E-state index contributed by atoms with van der Waals surface area (Å²) in [4.78, 5) is 0. The molecule has 0 aromatic heterocycles. The van der Waals surface area contributed by atoms with E-state index in [1.54, 1.807) is 13.8 Å². The number of phenolic OH excluding ortho intramolecular Hbond substituents is 1. The quantitative estimate of drug-likeness (QED) is 0.803. The molecule has 0 radical (unpaired) electrons. The zero-order chi connectivity index (χ0) is 10.0. The SMILES string of the molecule is CC(C)Oc1c(F)cc(O)cc1Cl. The van der Waals surface area contributed by atoms with Gasteiger partial charge in [0, 0.05) is 12.1 Å². The Balaban J connectivity index is 3.06. The van der Waals surface area contributed by atoms with E-state index < -0.39 is 5.82 Å². The normalized spacial score (nSPS) is 10.5. The van der Waals surface area contributed by atoms with Crippen molar-refractivity contribution >= 4 is 11.6 Å². The van der Waals surface area contributed by atoms with Gasteiger partial charge in [0.15, 0.2) is 11.6 Å². The topological polar surface area (TPSA) is 29.5 Å². The maximum absolute atomic E-state index is 13.1. The summed E-state index contributed by atoms with van der Waals surface area (Å²) in [6.07, 6.45) is -0.156. The lowest BCUT2D eigenvalue weighted by Gasteiger charge is -2.12. The van der Waals surface area contributed by atoms with Gasteiger partial charge >= 0.3 is 0 Å². The number of phenols is 1. The highest BCUT2D eigenvalue weighted by molar-refractivity contribution is 6.32. The Kier molecular flexibility index (Phi) is 2.98. The second-order valence-corrected chi connectivity index (χ2v) is 3.31. The van der Waals surface area contributed by atoms with Gasteiger partial charge in [-0.05, 0) is 13.8 Å². The molecule has 0 atom stereocenters. The van der Waals surface area contributed by atoms with Crippen LogP contribution in [0.3, 0.4) is 0 Å². The lowest BCUT2D eigenvalue weighted by molar-refractivity contribution is 0.231. The maximum atomic E-state index is 13.1. The number of hydrogen-bond acceptors (Lipinski definition) is 2. The summed E-state index contributed by atoms with van der Waals surface area (Å²) in [5.74, 6) is -0.883. The second-order valence-electron chi connectivity index (χ2n) is 2.91. The molecule has 0 saturated heterocycles. The Morgan fingerprint density at radius 3 is 2.54 bits per heavy atom. The molecular formula is C9H10ClFO2. The molecule has 1 rings (SSSR count). The van der Waals surface area contributed by atoms with Crippen LogP contribution in [0.2, 0.25) is 5.02 Å². The van der Waals surface area contributed by atoms with Gasteiger partial charge in [0.25, 0.3) is 0 Å². The molecule has 0 spiro atoms. The Morgan fingerprint density at radius 2 is 2.08 bits per heavy atom. The fourth-order valence-electron chi connectivity index (χ4n) is 0.895. The van der Waals surface area contributed by atoms with E-state index in [1.807, 2.05) is 0 Å². The van der Waals surface area contributed by atoms with Crippen LogP contribution in [0.5, 0.6) is 11.5 Å². The van der Waals surface area contributed by atoms with Gasteiger partial charge in [0.2, 0.25) is 0 Å². The van der Waals surface area contributed by atoms with Crippen molar-refractivity contribution in [3.05, 3.63) is 23.0 Å². The fourth-order valence-corrected chi connectivity index (χ4v) is 1.14. The summed E-state index contributed by atoms with van der Waals surface area (Å²) >= 11 is 5.65. The van der Waals surface area contributed by atoms with Gasteiger partial charge in [-0.2, -0.15) is 0 Å². The third-order valence-corrected chi connectivity index (χ3v) is 1.62. The molecule has 2 nitrogen and oxygen atoms in total. The summed E-state index contributed by atoms with van der Waals surface area (Å²) in [6, 6.07) is 2.20. The zero-order valence-electron chi connectivity index (χ0n) is 7.34. The third-order valence-electron chi connectivity index (χ3n) is 1.34. The van der Waals surface area contributed by atoms with Crippen molar-refractivity contribution < 1.29 is 14.2 Å². The van der Waals surface area contributed by atoms with E-state index in [0.717, 1.165) is 6.07 Å². The summed E-state index contributed by atoms with van der Waals surface area (Å²) < 4.78 is 18.2. The van der Waals surface area contributed by atoms with Crippen molar-refractivity contribution in [1.82, 2.24) is 0 Å². The molecule has 0 amide bonds. The molecule has 1 N–H and O–H groups in total. The van der Waals surface area contributed by atoms with Crippen LogP contribution < -0.4 is 4.74 Å². The van der Waals surface area contributed by atoms with Crippen molar-refractivity contribution in [2.24, 2.45) is 0 Å². The molecule has 0 heterocycles. The lowest BCUT2D eigenvalue weighted by atomic mass is 10.3.